The molecule has 0 unspecified atom stereocenters. The number of amides is 1. The maximum absolute atomic E-state index is 13.7. The summed E-state index contributed by atoms with van der Waals surface area (Å²) in [4.78, 5) is 36.0. The van der Waals surface area contributed by atoms with Crippen molar-refractivity contribution < 1.29 is 24.2 Å². The van der Waals surface area contributed by atoms with Gasteiger partial charge >= 0.3 is 5.97 Å². The fourth-order valence-corrected chi connectivity index (χ4v) is 3.87. The van der Waals surface area contributed by atoms with Crippen LogP contribution in [-0.4, -0.2) is 33.2 Å². The Bertz CT molecular complexity index is 963. The molecule has 0 bridgehead atoms. The Labute approximate surface area is 160 Å². The van der Waals surface area contributed by atoms with Crippen LogP contribution < -0.4 is 10.9 Å². The van der Waals surface area contributed by atoms with E-state index in [4.69, 9.17) is 5.11 Å². The summed E-state index contributed by atoms with van der Waals surface area (Å²) in [7, 11) is 0. The number of aromatic hydroxyl groups is 1. The van der Waals surface area contributed by atoms with E-state index in [0.717, 1.165) is 38.2 Å². The molecule has 0 spiro atoms. The quantitative estimate of drug-likeness (QED) is 0.703. The minimum atomic E-state index is -1.28. The highest BCUT2D eigenvalue weighted by Crippen LogP contribution is 2.30. The SMILES string of the molecule is O=C(O)CNC(=O)c1c(O)c2cc(F)ccc2n(CCC2CCCCC2)c1=O. The van der Waals surface area contributed by atoms with Gasteiger partial charge in [0.1, 0.15) is 23.7 Å². The lowest BCUT2D eigenvalue weighted by Gasteiger charge is -2.22. The molecular weight excluding hydrogens is 367 g/mol. The zero-order valence-electron chi connectivity index (χ0n) is 15.4. The largest absolute Gasteiger partial charge is 0.506 e. The Morgan fingerprint density at radius 1 is 1.21 bits per heavy atom. The number of aryl methyl sites for hydroxylation is 1. The van der Waals surface area contributed by atoms with E-state index in [0.29, 0.717) is 18.0 Å². The van der Waals surface area contributed by atoms with E-state index in [-0.39, 0.29) is 5.39 Å². The second-order valence-electron chi connectivity index (χ2n) is 7.21. The molecule has 0 aliphatic heterocycles. The molecule has 0 atom stereocenters. The number of halogens is 1. The molecule has 1 heterocycles. The predicted molar refractivity (Wildman–Crippen MR) is 101 cm³/mol. The standard InChI is InChI=1S/C20H23FN2O5/c21-13-6-7-15-14(10-13)18(26)17(19(27)22-11-16(24)25)20(28)23(15)9-8-12-4-2-1-3-5-12/h6-7,10,12,26H,1-5,8-9,11H2,(H,22,27)(H,24,25). The molecule has 3 N–H and O–H groups in total. The number of fused-ring (bicyclic) bond motifs is 1. The van der Waals surface area contributed by atoms with E-state index in [1.807, 2.05) is 0 Å². The van der Waals surface area contributed by atoms with Crippen molar-refractivity contribution in [3.05, 3.63) is 39.9 Å². The molecule has 28 heavy (non-hydrogen) atoms. The minimum absolute atomic E-state index is 0.0451. The first kappa shape index (κ1) is 19.9. The number of hydrogen-bond donors (Lipinski definition) is 3. The lowest BCUT2D eigenvalue weighted by Crippen LogP contribution is -2.36. The smallest absolute Gasteiger partial charge is 0.322 e. The maximum atomic E-state index is 13.7. The summed E-state index contributed by atoms with van der Waals surface area (Å²) in [5.41, 5.74) is -0.937. The summed E-state index contributed by atoms with van der Waals surface area (Å²) >= 11 is 0. The number of benzene rings is 1. The molecule has 1 saturated carbocycles. The first-order chi connectivity index (χ1) is 13.4. The number of aromatic nitrogens is 1. The molecule has 1 fully saturated rings. The topological polar surface area (TPSA) is 109 Å². The molecule has 1 aromatic carbocycles. The average Bonchev–Trinajstić information content (AvgIpc) is 2.67. The fourth-order valence-electron chi connectivity index (χ4n) is 3.87. The van der Waals surface area contributed by atoms with Gasteiger partial charge in [0.15, 0.2) is 0 Å². The van der Waals surface area contributed by atoms with Crippen LogP contribution in [0, 0.1) is 11.7 Å². The van der Waals surface area contributed by atoms with Gasteiger partial charge in [0.05, 0.1) is 5.52 Å². The van der Waals surface area contributed by atoms with E-state index in [1.165, 1.54) is 23.1 Å². The number of carbonyl (C=O) groups excluding carboxylic acids is 1. The molecule has 7 nitrogen and oxygen atoms in total. The third kappa shape index (κ3) is 4.16. The van der Waals surface area contributed by atoms with Crippen LogP contribution in [0.2, 0.25) is 0 Å². The number of rotatable bonds is 6. The van der Waals surface area contributed by atoms with Crippen molar-refractivity contribution in [2.45, 2.75) is 45.1 Å². The van der Waals surface area contributed by atoms with E-state index in [2.05, 4.69) is 5.32 Å². The third-order valence-corrected chi connectivity index (χ3v) is 5.31. The zero-order chi connectivity index (χ0) is 20.3. The minimum Gasteiger partial charge on any atom is -0.506 e. The molecule has 1 aliphatic carbocycles. The number of nitrogens with one attached hydrogen (secondary N) is 1. The first-order valence-electron chi connectivity index (χ1n) is 9.43. The second kappa shape index (κ2) is 8.41. The van der Waals surface area contributed by atoms with Crippen molar-refractivity contribution in [2.24, 2.45) is 5.92 Å². The Hall–Kier alpha value is -2.90. The highest BCUT2D eigenvalue weighted by Gasteiger charge is 2.23. The zero-order valence-corrected chi connectivity index (χ0v) is 15.4. The summed E-state index contributed by atoms with van der Waals surface area (Å²) in [6.45, 7) is -0.355. The maximum Gasteiger partial charge on any atom is 0.322 e. The molecule has 0 saturated heterocycles. The summed E-state index contributed by atoms with van der Waals surface area (Å²) in [6.07, 6.45) is 6.45. The van der Waals surface area contributed by atoms with Crippen LogP contribution in [0.15, 0.2) is 23.0 Å². The van der Waals surface area contributed by atoms with Crippen LogP contribution >= 0.6 is 0 Å². The number of carboxylic acid groups (broad SMARTS) is 1. The Morgan fingerprint density at radius 3 is 2.61 bits per heavy atom. The molecule has 1 aromatic heterocycles. The van der Waals surface area contributed by atoms with Crippen molar-refractivity contribution in [1.82, 2.24) is 9.88 Å². The van der Waals surface area contributed by atoms with Crippen LogP contribution in [0.25, 0.3) is 10.9 Å². The van der Waals surface area contributed by atoms with E-state index < -0.39 is 41.1 Å². The monoisotopic (exact) mass is 390 g/mol. The predicted octanol–water partition coefficient (Wildman–Crippen LogP) is 2.63. The average molecular weight is 390 g/mol. The van der Waals surface area contributed by atoms with Gasteiger partial charge in [-0.2, -0.15) is 0 Å². The molecular formula is C20H23FN2O5. The fraction of sp³-hybridized carbons (Fsp3) is 0.450. The van der Waals surface area contributed by atoms with Crippen molar-refractivity contribution in [1.29, 1.82) is 0 Å². The summed E-state index contributed by atoms with van der Waals surface area (Å²) in [6, 6.07) is 3.67. The first-order valence-corrected chi connectivity index (χ1v) is 9.43. The summed E-state index contributed by atoms with van der Waals surface area (Å²) < 4.78 is 15.1. The van der Waals surface area contributed by atoms with Crippen LogP contribution in [0.4, 0.5) is 4.39 Å². The van der Waals surface area contributed by atoms with Gasteiger partial charge in [0.2, 0.25) is 0 Å². The number of nitrogens with zero attached hydrogens (tertiary/aromatic N) is 1. The molecule has 1 amide bonds. The molecule has 3 rings (SSSR count). The molecule has 8 heteroatoms. The Morgan fingerprint density at radius 2 is 1.93 bits per heavy atom. The summed E-state index contributed by atoms with van der Waals surface area (Å²) in [5.74, 6) is -3.05. The van der Waals surface area contributed by atoms with Gasteiger partial charge in [-0.05, 0) is 30.5 Å². The van der Waals surface area contributed by atoms with Gasteiger partial charge in [-0.1, -0.05) is 32.1 Å². The van der Waals surface area contributed by atoms with Crippen LogP contribution in [0.1, 0.15) is 48.9 Å². The van der Waals surface area contributed by atoms with Crippen molar-refractivity contribution in [3.63, 3.8) is 0 Å². The highest BCUT2D eigenvalue weighted by atomic mass is 19.1. The Balaban J connectivity index is 2.03. The van der Waals surface area contributed by atoms with Crippen molar-refractivity contribution in [3.8, 4) is 5.75 Å². The highest BCUT2D eigenvalue weighted by molar-refractivity contribution is 6.03. The van der Waals surface area contributed by atoms with Gasteiger partial charge in [0, 0.05) is 11.9 Å². The van der Waals surface area contributed by atoms with E-state index >= 15 is 0 Å². The van der Waals surface area contributed by atoms with Crippen molar-refractivity contribution >= 4 is 22.8 Å². The number of carboxylic acids is 1. The number of carbonyl (C=O) groups is 2. The van der Waals surface area contributed by atoms with Gasteiger partial charge in [-0.3, -0.25) is 14.4 Å². The number of pyridine rings is 1. The van der Waals surface area contributed by atoms with Gasteiger partial charge in [-0.25, -0.2) is 4.39 Å². The van der Waals surface area contributed by atoms with Crippen LogP contribution in [0.3, 0.4) is 0 Å². The summed E-state index contributed by atoms with van der Waals surface area (Å²) in [5, 5.41) is 21.3. The normalized spacial score (nSPS) is 14.9. The molecule has 2 aromatic rings. The molecule has 150 valence electrons. The molecule has 1 aliphatic rings. The second-order valence-corrected chi connectivity index (χ2v) is 7.21. The lowest BCUT2D eigenvalue weighted by atomic mass is 9.87. The third-order valence-electron chi connectivity index (χ3n) is 5.31. The van der Waals surface area contributed by atoms with E-state index in [9.17, 15) is 23.9 Å². The number of aliphatic carboxylic acids is 1. The van der Waals surface area contributed by atoms with Gasteiger partial charge < -0.3 is 20.1 Å². The molecule has 0 radical (unpaired) electrons. The number of hydrogen-bond acceptors (Lipinski definition) is 4. The van der Waals surface area contributed by atoms with Crippen molar-refractivity contribution in [2.75, 3.05) is 6.54 Å². The van der Waals surface area contributed by atoms with E-state index in [1.54, 1.807) is 0 Å². The lowest BCUT2D eigenvalue weighted by molar-refractivity contribution is -0.135. The Kier molecular flexibility index (Phi) is 5.96. The van der Waals surface area contributed by atoms with Gasteiger partial charge in [0.25, 0.3) is 11.5 Å². The van der Waals surface area contributed by atoms with Crippen LogP contribution in [-0.2, 0) is 11.3 Å². The van der Waals surface area contributed by atoms with Crippen LogP contribution in [0.5, 0.6) is 5.75 Å². The van der Waals surface area contributed by atoms with Gasteiger partial charge in [-0.15, -0.1) is 0 Å².